The van der Waals surface area contributed by atoms with Crippen molar-refractivity contribution in [2.45, 2.75) is 44.9 Å². The molecule has 0 aliphatic heterocycles. The number of nitrogens with zero attached hydrogens (tertiary/aromatic N) is 3. The molecule has 6 heteroatoms. The zero-order chi connectivity index (χ0) is 16.1. The molecular weight excluding hydrogens is 294 g/mol. The van der Waals surface area contributed by atoms with Crippen molar-refractivity contribution in [1.82, 2.24) is 15.1 Å². The van der Waals surface area contributed by atoms with Gasteiger partial charge in [0.2, 0.25) is 11.7 Å². The van der Waals surface area contributed by atoms with Gasteiger partial charge in [0.1, 0.15) is 0 Å². The molecule has 122 valence electrons. The Hall–Kier alpha value is -2.24. The maximum absolute atomic E-state index is 11.9. The molecule has 23 heavy (non-hydrogen) atoms. The van der Waals surface area contributed by atoms with E-state index >= 15 is 0 Å². The Kier molecular flexibility index (Phi) is 5.00. The van der Waals surface area contributed by atoms with Gasteiger partial charge >= 0.3 is 5.97 Å². The summed E-state index contributed by atoms with van der Waals surface area (Å²) in [6.45, 7) is 2.51. The molecule has 0 N–H and O–H groups in total. The fourth-order valence-corrected chi connectivity index (χ4v) is 2.92. The van der Waals surface area contributed by atoms with Crippen molar-refractivity contribution in [2.75, 3.05) is 6.61 Å². The van der Waals surface area contributed by atoms with Crippen LogP contribution in [0.4, 0.5) is 0 Å². The third-order valence-corrected chi connectivity index (χ3v) is 4.24. The molecule has 0 bridgehead atoms. The van der Waals surface area contributed by atoms with E-state index in [1.165, 1.54) is 0 Å². The molecule has 0 amide bonds. The van der Waals surface area contributed by atoms with Crippen molar-refractivity contribution >= 4 is 5.97 Å². The lowest BCUT2D eigenvalue weighted by Crippen LogP contribution is -2.23. The van der Waals surface area contributed by atoms with Gasteiger partial charge in [-0.1, -0.05) is 12.1 Å². The first-order chi connectivity index (χ1) is 11.3. The number of ether oxygens (including phenoxy) is 1. The first-order valence-electron chi connectivity index (χ1n) is 8.18. The van der Waals surface area contributed by atoms with E-state index in [0.717, 1.165) is 37.7 Å². The van der Waals surface area contributed by atoms with Gasteiger partial charge in [-0.05, 0) is 44.2 Å². The number of rotatable bonds is 5. The van der Waals surface area contributed by atoms with Gasteiger partial charge in [-0.2, -0.15) is 4.98 Å². The summed E-state index contributed by atoms with van der Waals surface area (Å²) in [5.41, 5.74) is 0.895. The molecule has 2 aromatic heterocycles. The van der Waals surface area contributed by atoms with Gasteiger partial charge in [-0.15, -0.1) is 0 Å². The van der Waals surface area contributed by atoms with Crippen LogP contribution in [0.3, 0.4) is 0 Å². The minimum Gasteiger partial charge on any atom is -0.465 e. The number of pyridine rings is 1. The van der Waals surface area contributed by atoms with Crippen LogP contribution in [0.1, 0.15) is 50.8 Å². The number of carbonyl (C=O) groups excluding carboxylic acids is 1. The molecule has 2 aromatic rings. The lowest BCUT2D eigenvalue weighted by Gasteiger charge is -2.24. The van der Waals surface area contributed by atoms with Crippen LogP contribution in [0.15, 0.2) is 29.0 Å². The normalized spacial score (nSPS) is 21.1. The summed E-state index contributed by atoms with van der Waals surface area (Å²) in [5.74, 6) is 1.44. The molecule has 1 aliphatic rings. The van der Waals surface area contributed by atoms with E-state index in [9.17, 15) is 4.79 Å². The second-order valence-corrected chi connectivity index (χ2v) is 5.91. The Bertz CT molecular complexity index is 634. The van der Waals surface area contributed by atoms with Crippen molar-refractivity contribution < 1.29 is 14.1 Å². The lowest BCUT2D eigenvalue weighted by molar-refractivity contribution is -0.149. The molecule has 1 saturated carbocycles. The lowest BCUT2D eigenvalue weighted by atomic mass is 9.82. The van der Waals surface area contributed by atoms with Crippen LogP contribution in [-0.2, 0) is 9.53 Å². The second-order valence-electron chi connectivity index (χ2n) is 5.91. The highest BCUT2D eigenvalue weighted by atomic mass is 16.5. The molecule has 1 fully saturated rings. The van der Waals surface area contributed by atoms with E-state index in [4.69, 9.17) is 9.26 Å². The zero-order valence-corrected chi connectivity index (χ0v) is 13.3. The zero-order valence-electron chi connectivity index (χ0n) is 13.3. The predicted octanol–water partition coefficient (Wildman–Crippen LogP) is 3.36. The largest absolute Gasteiger partial charge is 0.465 e. The monoisotopic (exact) mass is 315 g/mol. The minimum atomic E-state index is -0.0618. The van der Waals surface area contributed by atoms with Crippen molar-refractivity contribution in [3.05, 3.63) is 30.4 Å². The highest BCUT2D eigenvalue weighted by Crippen LogP contribution is 2.36. The SMILES string of the molecule is CCCOC(=O)[C@H]1CC[C@H](c2nc(-c3ccncc3)no2)CC1. The third-order valence-electron chi connectivity index (χ3n) is 4.24. The average molecular weight is 315 g/mol. The van der Waals surface area contributed by atoms with E-state index < -0.39 is 0 Å². The predicted molar refractivity (Wildman–Crippen MR) is 83.5 cm³/mol. The first kappa shape index (κ1) is 15.6. The second kappa shape index (κ2) is 7.35. The van der Waals surface area contributed by atoms with Crippen molar-refractivity contribution in [3.63, 3.8) is 0 Å². The Morgan fingerprint density at radius 2 is 2.00 bits per heavy atom. The van der Waals surface area contributed by atoms with Gasteiger partial charge in [-0.25, -0.2) is 0 Å². The van der Waals surface area contributed by atoms with Crippen LogP contribution in [0.5, 0.6) is 0 Å². The number of hydrogen-bond acceptors (Lipinski definition) is 6. The summed E-state index contributed by atoms with van der Waals surface area (Å²) in [7, 11) is 0. The van der Waals surface area contributed by atoms with Crippen molar-refractivity contribution in [2.24, 2.45) is 5.92 Å². The van der Waals surface area contributed by atoms with Gasteiger partial charge in [0.05, 0.1) is 12.5 Å². The van der Waals surface area contributed by atoms with Crippen molar-refractivity contribution in [3.8, 4) is 11.4 Å². The summed E-state index contributed by atoms with van der Waals surface area (Å²) >= 11 is 0. The van der Waals surface area contributed by atoms with Crippen LogP contribution in [0, 0.1) is 5.92 Å². The van der Waals surface area contributed by atoms with E-state index in [1.807, 2.05) is 19.1 Å². The Morgan fingerprint density at radius 3 is 2.70 bits per heavy atom. The van der Waals surface area contributed by atoms with Gasteiger partial charge < -0.3 is 9.26 Å². The Morgan fingerprint density at radius 1 is 1.26 bits per heavy atom. The fraction of sp³-hybridized carbons (Fsp3) is 0.529. The maximum Gasteiger partial charge on any atom is 0.308 e. The van der Waals surface area contributed by atoms with Gasteiger partial charge in [0.15, 0.2) is 0 Å². The van der Waals surface area contributed by atoms with E-state index in [1.54, 1.807) is 12.4 Å². The Balaban J connectivity index is 1.58. The molecule has 1 aliphatic carbocycles. The van der Waals surface area contributed by atoms with E-state index in [0.29, 0.717) is 18.3 Å². The number of esters is 1. The Labute approximate surface area is 135 Å². The van der Waals surface area contributed by atoms with Crippen LogP contribution in [0.2, 0.25) is 0 Å². The smallest absolute Gasteiger partial charge is 0.308 e. The van der Waals surface area contributed by atoms with E-state index in [2.05, 4.69) is 15.1 Å². The fourth-order valence-electron chi connectivity index (χ4n) is 2.92. The summed E-state index contributed by atoms with van der Waals surface area (Å²) < 4.78 is 10.7. The summed E-state index contributed by atoms with van der Waals surface area (Å²) in [5, 5.41) is 4.05. The molecule has 0 spiro atoms. The standard InChI is InChI=1S/C17H21N3O3/c1-2-11-22-17(21)14-5-3-13(4-6-14)16-19-15(20-23-16)12-7-9-18-10-8-12/h7-10,13-14H,2-6,11H2,1H3/t13-,14-. The summed E-state index contributed by atoms with van der Waals surface area (Å²) in [6.07, 6.45) is 7.67. The molecule has 6 nitrogen and oxygen atoms in total. The molecule has 0 saturated heterocycles. The number of carbonyl (C=O) groups is 1. The molecule has 0 aromatic carbocycles. The number of hydrogen-bond donors (Lipinski definition) is 0. The number of aromatic nitrogens is 3. The highest BCUT2D eigenvalue weighted by molar-refractivity contribution is 5.72. The van der Waals surface area contributed by atoms with Crippen LogP contribution < -0.4 is 0 Å². The maximum atomic E-state index is 11.9. The van der Waals surface area contributed by atoms with E-state index in [-0.39, 0.29) is 17.8 Å². The molecule has 0 atom stereocenters. The average Bonchev–Trinajstić information content (AvgIpc) is 3.11. The molecular formula is C17H21N3O3. The van der Waals surface area contributed by atoms with Crippen LogP contribution in [0.25, 0.3) is 11.4 Å². The summed E-state index contributed by atoms with van der Waals surface area (Å²) in [4.78, 5) is 20.4. The van der Waals surface area contributed by atoms with Crippen LogP contribution >= 0.6 is 0 Å². The summed E-state index contributed by atoms with van der Waals surface area (Å²) in [6, 6.07) is 3.71. The quantitative estimate of drug-likeness (QED) is 0.787. The van der Waals surface area contributed by atoms with Gasteiger partial charge in [-0.3, -0.25) is 9.78 Å². The highest BCUT2D eigenvalue weighted by Gasteiger charge is 2.30. The topological polar surface area (TPSA) is 78.1 Å². The molecule has 0 radical (unpaired) electrons. The first-order valence-corrected chi connectivity index (χ1v) is 8.18. The van der Waals surface area contributed by atoms with Crippen molar-refractivity contribution in [1.29, 1.82) is 0 Å². The third kappa shape index (κ3) is 3.75. The molecule has 0 unspecified atom stereocenters. The molecule has 3 rings (SSSR count). The van der Waals surface area contributed by atoms with Gasteiger partial charge in [0.25, 0.3) is 0 Å². The van der Waals surface area contributed by atoms with Crippen LogP contribution in [-0.4, -0.2) is 27.7 Å². The molecule has 2 heterocycles. The minimum absolute atomic E-state index is 0.0142. The van der Waals surface area contributed by atoms with Gasteiger partial charge in [0, 0.05) is 23.9 Å².